The van der Waals surface area contributed by atoms with Crippen LogP contribution in [-0.2, 0) is 27.2 Å². The van der Waals surface area contributed by atoms with Crippen molar-refractivity contribution >= 4 is 50.2 Å². The van der Waals surface area contributed by atoms with E-state index in [0.29, 0.717) is 21.9 Å². The first kappa shape index (κ1) is 21.1. The minimum Gasteiger partial charge on any atom is -0.496 e. The molecule has 1 aromatic heterocycles. The Hall–Kier alpha value is -2.63. The van der Waals surface area contributed by atoms with Gasteiger partial charge in [-0.1, -0.05) is 15.9 Å². The molecule has 0 bridgehead atoms. The number of nitrogens with zero attached hydrogens (tertiary/aromatic N) is 1. The van der Waals surface area contributed by atoms with E-state index in [1.807, 2.05) is 6.07 Å². The van der Waals surface area contributed by atoms with Crippen LogP contribution in [0.3, 0.4) is 0 Å². The van der Waals surface area contributed by atoms with Crippen LogP contribution in [0.4, 0.5) is 5.00 Å². The summed E-state index contributed by atoms with van der Waals surface area (Å²) in [5, 5.41) is 12.7. The third-order valence-corrected chi connectivity index (χ3v) is 6.17. The Morgan fingerprint density at radius 1 is 1.34 bits per heavy atom. The van der Waals surface area contributed by atoms with Gasteiger partial charge in [0.15, 0.2) is 6.61 Å². The molecule has 1 N–H and O–H groups in total. The number of anilines is 1. The number of methoxy groups -OCH3 is 1. The molecule has 0 radical (unpaired) electrons. The highest BCUT2D eigenvalue weighted by molar-refractivity contribution is 9.10. The summed E-state index contributed by atoms with van der Waals surface area (Å²) in [4.78, 5) is 25.3. The average molecular weight is 475 g/mol. The van der Waals surface area contributed by atoms with Gasteiger partial charge in [-0.2, -0.15) is 5.26 Å². The SMILES string of the molecule is COc1ccc(Br)cc1/C=C/C(=O)OCC(=O)Nc1sc2c(c1C#N)CCCC2. The molecule has 0 saturated heterocycles. The van der Waals surface area contributed by atoms with Crippen LogP contribution in [0.1, 0.15) is 34.4 Å². The summed E-state index contributed by atoms with van der Waals surface area (Å²) < 4.78 is 11.1. The number of carbonyl (C=O) groups excluding carboxylic acids is 2. The lowest BCUT2D eigenvalue weighted by molar-refractivity contribution is -0.142. The fourth-order valence-corrected chi connectivity index (χ4v) is 4.75. The van der Waals surface area contributed by atoms with Crippen LogP contribution in [-0.4, -0.2) is 25.6 Å². The molecule has 1 heterocycles. The zero-order valence-corrected chi connectivity index (χ0v) is 18.2. The zero-order chi connectivity index (χ0) is 20.8. The molecular formula is C21H19BrN2O4S. The molecular weight excluding hydrogens is 456 g/mol. The number of fused-ring (bicyclic) bond motifs is 1. The first-order chi connectivity index (χ1) is 14.0. The van der Waals surface area contributed by atoms with Crippen LogP contribution in [0.5, 0.6) is 5.75 Å². The van der Waals surface area contributed by atoms with Crippen molar-refractivity contribution in [2.24, 2.45) is 0 Å². The van der Waals surface area contributed by atoms with Gasteiger partial charge in [0, 0.05) is 21.0 Å². The third kappa shape index (κ3) is 5.25. The number of carbonyl (C=O) groups is 2. The van der Waals surface area contributed by atoms with Crippen molar-refractivity contribution in [3.63, 3.8) is 0 Å². The summed E-state index contributed by atoms with van der Waals surface area (Å²) >= 11 is 4.80. The van der Waals surface area contributed by atoms with Crippen LogP contribution in [0.25, 0.3) is 6.08 Å². The highest BCUT2D eigenvalue weighted by Gasteiger charge is 2.22. The molecule has 1 aliphatic carbocycles. The Balaban J connectivity index is 1.57. The lowest BCUT2D eigenvalue weighted by Gasteiger charge is -2.09. The molecule has 1 aromatic carbocycles. The fourth-order valence-electron chi connectivity index (χ4n) is 3.11. The summed E-state index contributed by atoms with van der Waals surface area (Å²) in [6.45, 7) is -0.424. The van der Waals surface area contributed by atoms with E-state index in [9.17, 15) is 14.9 Å². The Kier molecular flexibility index (Phi) is 7.07. The minimum absolute atomic E-state index is 0.424. The second-order valence-electron chi connectivity index (χ2n) is 6.40. The lowest BCUT2D eigenvalue weighted by atomic mass is 9.96. The number of hydrogen-bond donors (Lipinski definition) is 1. The maximum Gasteiger partial charge on any atom is 0.331 e. The number of ether oxygens (including phenoxy) is 2. The summed E-state index contributed by atoms with van der Waals surface area (Å²) in [5.41, 5.74) is 2.28. The standard InChI is InChI=1S/C21H19BrN2O4S/c1-27-17-8-7-14(22)10-13(17)6-9-20(26)28-12-19(25)24-21-16(11-23)15-4-2-3-5-18(15)29-21/h6-10H,2-5,12H2,1H3,(H,24,25)/b9-6+. The predicted molar refractivity (Wildman–Crippen MR) is 115 cm³/mol. The predicted octanol–water partition coefficient (Wildman–Crippen LogP) is 4.46. The van der Waals surface area contributed by atoms with Gasteiger partial charge in [-0.15, -0.1) is 11.3 Å². The number of thiophene rings is 1. The van der Waals surface area contributed by atoms with E-state index in [-0.39, 0.29) is 0 Å². The number of hydrogen-bond acceptors (Lipinski definition) is 6. The molecule has 0 fully saturated rings. The summed E-state index contributed by atoms with van der Waals surface area (Å²) in [7, 11) is 1.54. The molecule has 0 atom stereocenters. The first-order valence-corrected chi connectivity index (χ1v) is 10.7. The number of benzene rings is 1. The van der Waals surface area contributed by atoms with Gasteiger partial charge < -0.3 is 14.8 Å². The van der Waals surface area contributed by atoms with Gasteiger partial charge in [-0.05, 0) is 55.5 Å². The van der Waals surface area contributed by atoms with Crippen LogP contribution in [0.15, 0.2) is 28.7 Å². The molecule has 150 valence electrons. The van der Waals surface area contributed by atoms with E-state index >= 15 is 0 Å². The number of esters is 1. The van der Waals surface area contributed by atoms with Crippen molar-refractivity contribution in [3.05, 3.63) is 50.3 Å². The number of halogens is 1. The molecule has 3 rings (SSSR count). The minimum atomic E-state index is -0.645. The van der Waals surface area contributed by atoms with Crippen molar-refractivity contribution in [2.75, 3.05) is 19.0 Å². The zero-order valence-electron chi connectivity index (χ0n) is 15.8. The van der Waals surface area contributed by atoms with Crippen LogP contribution in [0, 0.1) is 11.3 Å². The van der Waals surface area contributed by atoms with Gasteiger partial charge in [0.2, 0.25) is 0 Å². The van der Waals surface area contributed by atoms with Gasteiger partial charge in [0.1, 0.15) is 16.8 Å². The molecule has 1 aliphatic rings. The van der Waals surface area contributed by atoms with E-state index in [0.717, 1.165) is 40.6 Å². The second kappa shape index (κ2) is 9.72. The highest BCUT2D eigenvalue weighted by atomic mass is 79.9. The van der Waals surface area contributed by atoms with Crippen molar-refractivity contribution in [1.82, 2.24) is 0 Å². The van der Waals surface area contributed by atoms with E-state index in [1.165, 1.54) is 17.4 Å². The van der Waals surface area contributed by atoms with Crippen molar-refractivity contribution in [2.45, 2.75) is 25.7 Å². The Morgan fingerprint density at radius 2 is 2.14 bits per heavy atom. The first-order valence-electron chi connectivity index (χ1n) is 9.04. The molecule has 0 aliphatic heterocycles. The van der Waals surface area contributed by atoms with Crippen molar-refractivity contribution in [3.8, 4) is 11.8 Å². The third-order valence-electron chi connectivity index (χ3n) is 4.47. The maximum atomic E-state index is 12.2. The molecule has 0 unspecified atom stereocenters. The Bertz CT molecular complexity index is 1010. The van der Waals surface area contributed by atoms with Gasteiger partial charge in [0.25, 0.3) is 5.91 Å². The maximum absolute atomic E-state index is 12.2. The van der Waals surface area contributed by atoms with Gasteiger partial charge >= 0.3 is 5.97 Å². The number of nitriles is 1. The van der Waals surface area contributed by atoms with Crippen molar-refractivity contribution < 1.29 is 19.1 Å². The van der Waals surface area contributed by atoms with Crippen molar-refractivity contribution in [1.29, 1.82) is 5.26 Å². The lowest BCUT2D eigenvalue weighted by Crippen LogP contribution is -2.20. The van der Waals surface area contributed by atoms with Crippen LogP contribution in [0.2, 0.25) is 0 Å². The largest absolute Gasteiger partial charge is 0.496 e. The highest BCUT2D eigenvalue weighted by Crippen LogP contribution is 2.37. The smallest absolute Gasteiger partial charge is 0.331 e. The van der Waals surface area contributed by atoms with E-state index < -0.39 is 18.5 Å². The second-order valence-corrected chi connectivity index (χ2v) is 8.42. The monoisotopic (exact) mass is 474 g/mol. The molecule has 0 spiro atoms. The van der Waals surface area contributed by atoms with E-state index in [1.54, 1.807) is 25.3 Å². The number of amides is 1. The van der Waals surface area contributed by atoms with E-state index in [4.69, 9.17) is 9.47 Å². The normalized spacial score (nSPS) is 12.9. The van der Waals surface area contributed by atoms with E-state index in [2.05, 4.69) is 27.3 Å². The summed E-state index contributed by atoms with van der Waals surface area (Å²) in [5.74, 6) is -0.504. The number of rotatable bonds is 6. The van der Waals surface area contributed by atoms with Crippen LogP contribution >= 0.6 is 27.3 Å². The van der Waals surface area contributed by atoms with Gasteiger partial charge in [0.05, 0.1) is 12.7 Å². The fraction of sp³-hybridized carbons (Fsp3) is 0.286. The van der Waals surface area contributed by atoms with Crippen LogP contribution < -0.4 is 10.1 Å². The summed E-state index contributed by atoms with van der Waals surface area (Å²) in [6.07, 6.45) is 6.75. The Morgan fingerprint density at radius 3 is 2.90 bits per heavy atom. The average Bonchev–Trinajstić information content (AvgIpc) is 3.07. The summed E-state index contributed by atoms with van der Waals surface area (Å²) in [6, 6.07) is 7.60. The van der Waals surface area contributed by atoms with Gasteiger partial charge in [-0.25, -0.2) is 4.79 Å². The molecule has 1 amide bonds. The quantitative estimate of drug-likeness (QED) is 0.492. The molecule has 6 nitrogen and oxygen atoms in total. The molecule has 29 heavy (non-hydrogen) atoms. The molecule has 0 saturated carbocycles. The number of aryl methyl sites for hydroxylation is 1. The topological polar surface area (TPSA) is 88.4 Å². The molecule has 2 aromatic rings. The molecule has 8 heteroatoms. The Labute approximate surface area is 181 Å². The van der Waals surface area contributed by atoms with Gasteiger partial charge in [-0.3, -0.25) is 4.79 Å². The number of nitrogens with one attached hydrogen (secondary N) is 1.